The molecular weight excluding hydrogens is 216 g/mol. The smallest absolute Gasteiger partial charge is 0.245 e. The van der Waals surface area contributed by atoms with Gasteiger partial charge in [-0.1, -0.05) is 11.6 Å². The van der Waals surface area contributed by atoms with Crippen molar-refractivity contribution >= 4 is 11.8 Å². The molecule has 0 aromatic heterocycles. The van der Waals surface area contributed by atoms with Gasteiger partial charge in [0.05, 0.1) is 0 Å². The number of hydrogen-bond donors (Lipinski definition) is 1. The highest BCUT2D eigenvalue weighted by Gasteiger charge is 2.46. The summed E-state index contributed by atoms with van der Waals surface area (Å²) in [5.41, 5.74) is 1.17. The van der Waals surface area contributed by atoms with Crippen molar-refractivity contribution in [3.8, 4) is 0 Å². The molecule has 2 rings (SSSR count). The standard InChI is InChI=1S/C13H20N2O2/c1-8(2)6-7-15-11(10-4-5-10)12(16)14-9(3)13(15)17/h6,9-11H,4-5,7H2,1-3H3,(H,14,16). The van der Waals surface area contributed by atoms with Gasteiger partial charge in [0.15, 0.2) is 0 Å². The van der Waals surface area contributed by atoms with Crippen LogP contribution >= 0.6 is 0 Å². The number of carbonyl (C=O) groups is 2. The van der Waals surface area contributed by atoms with E-state index >= 15 is 0 Å². The van der Waals surface area contributed by atoms with E-state index < -0.39 is 0 Å². The van der Waals surface area contributed by atoms with Crippen molar-refractivity contribution in [1.29, 1.82) is 0 Å². The molecule has 2 fully saturated rings. The number of nitrogens with one attached hydrogen (secondary N) is 1. The maximum Gasteiger partial charge on any atom is 0.245 e. The minimum atomic E-state index is -0.386. The molecule has 1 N–H and O–H groups in total. The average Bonchev–Trinajstić information content (AvgIpc) is 3.04. The second-order valence-electron chi connectivity index (χ2n) is 5.28. The fraction of sp³-hybridized carbons (Fsp3) is 0.692. The minimum absolute atomic E-state index is 0.0155. The summed E-state index contributed by atoms with van der Waals surface area (Å²) in [4.78, 5) is 25.8. The molecule has 2 amide bonds. The summed E-state index contributed by atoms with van der Waals surface area (Å²) in [6, 6.07) is -0.627. The maximum atomic E-state index is 12.1. The summed E-state index contributed by atoms with van der Waals surface area (Å²) >= 11 is 0. The van der Waals surface area contributed by atoms with Gasteiger partial charge in [0.1, 0.15) is 12.1 Å². The van der Waals surface area contributed by atoms with Gasteiger partial charge in [-0.05, 0) is 39.5 Å². The van der Waals surface area contributed by atoms with Gasteiger partial charge in [0, 0.05) is 6.54 Å². The molecule has 0 aromatic rings. The molecule has 17 heavy (non-hydrogen) atoms. The average molecular weight is 236 g/mol. The Morgan fingerprint density at radius 3 is 2.59 bits per heavy atom. The van der Waals surface area contributed by atoms with Crippen molar-refractivity contribution in [1.82, 2.24) is 10.2 Å². The zero-order chi connectivity index (χ0) is 12.6. The lowest BCUT2D eigenvalue weighted by Crippen LogP contribution is -2.63. The summed E-state index contributed by atoms with van der Waals surface area (Å²) < 4.78 is 0. The molecule has 0 spiro atoms. The fourth-order valence-corrected chi connectivity index (χ4v) is 2.25. The van der Waals surface area contributed by atoms with Crippen LogP contribution in [0.15, 0.2) is 11.6 Å². The van der Waals surface area contributed by atoms with Crippen LogP contribution in [0.3, 0.4) is 0 Å². The predicted octanol–water partition coefficient (Wildman–Crippen LogP) is 1.08. The highest BCUT2D eigenvalue weighted by molar-refractivity contribution is 5.97. The van der Waals surface area contributed by atoms with Crippen LogP contribution in [-0.4, -0.2) is 35.3 Å². The number of carbonyl (C=O) groups excluding carboxylic acids is 2. The Morgan fingerprint density at radius 1 is 1.41 bits per heavy atom. The number of rotatable bonds is 3. The first-order valence-electron chi connectivity index (χ1n) is 6.25. The summed E-state index contributed by atoms with van der Waals surface area (Å²) in [6.45, 7) is 6.31. The highest BCUT2D eigenvalue weighted by atomic mass is 16.2. The van der Waals surface area contributed by atoms with Gasteiger partial charge in [-0.15, -0.1) is 0 Å². The monoisotopic (exact) mass is 236 g/mol. The van der Waals surface area contributed by atoms with E-state index in [0.29, 0.717) is 12.5 Å². The van der Waals surface area contributed by atoms with Crippen LogP contribution in [0.4, 0.5) is 0 Å². The molecule has 1 aliphatic carbocycles. The normalized spacial score (nSPS) is 29.0. The zero-order valence-corrected chi connectivity index (χ0v) is 10.7. The van der Waals surface area contributed by atoms with Gasteiger partial charge in [-0.25, -0.2) is 0 Å². The van der Waals surface area contributed by atoms with E-state index in [1.807, 2.05) is 19.9 Å². The Kier molecular flexibility index (Phi) is 3.22. The van der Waals surface area contributed by atoms with Gasteiger partial charge in [0.25, 0.3) is 0 Å². The molecular formula is C13H20N2O2. The van der Waals surface area contributed by atoms with Crippen molar-refractivity contribution < 1.29 is 9.59 Å². The Balaban J connectivity index is 2.17. The first-order valence-corrected chi connectivity index (χ1v) is 6.25. The molecule has 1 saturated carbocycles. The van der Waals surface area contributed by atoms with Crippen molar-refractivity contribution in [2.24, 2.45) is 5.92 Å². The molecule has 2 unspecified atom stereocenters. The molecule has 1 aliphatic heterocycles. The van der Waals surface area contributed by atoms with Crippen LogP contribution in [0, 0.1) is 5.92 Å². The third-order valence-electron chi connectivity index (χ3n) is 3.38. The molecule has 2 atom stereocenters. The molecule has 4 heteroatoms. The van der Waals surface area contributed by atoms with E-state index in [4.69, 9.17) is 0 Å². The topological polar surface area (TPSA) is 49.4 Å². The predicted molar refractivity (Wildman–Crippen MR) is 65.3 cm³/mol. The third-order valence-corrected chi connectivity index (χ3v) is 3.38. The van der Waals surface area contributed by atoms with Gasteiger partial charge in [-0.3, -0.25) is 9.59 Å². The number of nitrogens with zero attached hydrogens (tertiary/aromatic N) is 1. The van der Waals surface area contributed by atoms with Crippen LogP contribution in [0.25, 0.3) is 0 Å². The lowest BCUT2D eigenvalue weighted by atomic mass is 10.0. The number of allylic oxidation sites excluding steroid dienone is 1. The van der Waals surface area contributed by atoms with Crippen molar-refractivity contribution in [3.63, 3.8) is 0 Å². The molecule has 0 bridgehead atoms. The van der Waals surface area contributed by atoms with Crippen LogP contribution in [-0.2, 0) is 9.59 Å². The summed E-state index contributed by atoms with van der Waals surface area (Å²) in [7, 11) is 0. The van der Waals surface area contributed by atoms with Crippen LogP contribution in [0.5, 0.6) is 0 Å². The SMILES string of the molecule is CC(C)=CCN1C(=O)C(C)NC(=O)C1C1CC1. The molecule has 0 radical (unpaired) electrons. The van der Waals surface area contributed by atoms with Gasteiger partial charge in [0.2, 0.25) is 11.8 Å². The molecule has 4 nitrogen and oxygen atoms in total. The van der Waals surface area contributed by atoms with E-state index in [0.717, 1.165) is 12.8 Å². The summed E-state index contributed by atoms with van der Waals surface area (Å²) in [5.74, 6) is 0.428. The fourth-order valence-electron chi connectivity index (χ4n) is 2.25. The van der Waals surface area contributed by atoms with Crippen molar-refractivity contribution in [3.05, 3.63) is 11.6 Å². The van der Waals surface area contributed by atoms with Gasteiger partial charge < -0.3 is 10.2 Å². The largest absolute Gasteiger partial charge is 0.343 e. The molecule has 0 aromatic carbocycles. The van der Waals surface area contributed by atoms with E-state index in [9.17, 15) is 9.59 Å². The van der Waals surface area contributed by atoms with Crippen molar-refractivity contribution in [2.45, 2.75) is 45.7 Å². The number of hydrogen-bond acceptors (Lipinski definition) is 2. The third kappa shape index (κ3) is 2.51. The summed E-state index contributed by atoms with van der Waals surface area (Å²) in [5, 5.41) is 2.77. The Labute approximate surface area is 102 Å². The van der Waals surface area contributed by atoms with E-state index in [1.165, 1.54) is 5.57 Å². The number of amides is 2. The summed E-state index contributed by atoms with van der Waals surface area (Å²) in [6.07, 6.45) is 4.13. The Bertz CT molecular complexity index is 368. The van der Waals surface area contributed by atoms with E-state index in [2.05, 4.69) is 5.32 Å². The quantitative estimate of drug-likeness (QED) is 0.745. The van der Waals surface area contributed by atoms with E-state index in [1.54, 1.807) is 11.8 Å². The lowest BCUT2D eigenvalue weighted by Gasteiger charge is -2.37. The number of piperazine rings is 1. The van der Waals surface area contributed by atoms with Crippen molar-refractivity contribution in [2.75, 3.05) is 6.54 Å². The molecule has 2 aliphatic rings. The molecule has 1 saturated heterocycles. The first kappa shape index (κ1) is 12.1. The minimum Gasteiger partial charge on any atom is -0.343 e. The van der Waals surface area contributed by atoms with E-state index in [-0.39, 0.29) is 23.9 Å². The molecule has 94 valence electrons. The van der Waals surface area contributed by atoms with Gasteiger partial charge >= 0.3 is 0 Å². The second kappa shape index (κ2) is 4.51. The first-order chi connectivity index (χ1) is 8.00. The van der Waals surface area contributed by atoms with Gasteiger partial charge in [-0.2, -0.15) is 0 Å². The Hall–Kier alpha value is -1.32. The second-order valence-corrected chi connectivity index (χ2v) is 5.28. The van der Waals surface area contributed by atoms with Crippen LogP contribution in [0.1, 0.15) is 33.6 Å². The van der Waals surface area contributed by atoms with Crippen LogP contribution in [0.2, 0.25) is 0 Å². The Morgan fingerprint density at radius 2 is 2.06 bits per heavy atom. The van der Waals surface area contributed by atoms with Crippen LogP contribution < -0.4 is 5.32 Å². The lowest BCUT2D eigenvalue weighted by molar-refractivity contribution is -0.149. The maximum absolute atomic E-state index is 12.1. The highest BCUT2D eigenvalue weighted by Crippen LogP contribution is 2.36. The molecule has 1 heterocycles. The zero-order valence-electron chi connectivity index (χ0n) is 10.7.